The molecule has 0 unspecified atom stereocenters. The van der Waals surface area contributed by atoms with Crippen LogP contribution in [0.5, 0.6) is 0 Å². The number of halogens is 1. The molecule has 1 aromatic rings. The Balaban J connectivity index is 1.67. The minimum Gasteiger partial charge on any atom is -0.377 e. The first-order valence-electron chi connectivity index (χ1n) is 8.84. The van der Waals surface area contributed by atoms with E-state index in [4.69, 9.17) is 4.74 Å². The average molecular weight is 442 g/mol. The zero-order chi connectivity index (χ0) is 17.3. The summed E-state index contributed by atoms with van der Waals surface area (Å²) in [6, 6.07) is 8.37. The Labute approximate surface area is 158 Å². The lowest BCUT2D eigenvalue weighted by Gasteiger charge is -2.58. The van der Waals surface area contributed by atoms with Crippen molar-refractivity contribution in [2.24, 2.45) is 11.3 Å². The molecule has 1 N–H and O–H groups in total. The Morgan fingerprint density at radius 2 is 2.25 bits per heavy atom. The van der Waals surface area contributed by atoms with Gasteiger partial charge in [-0.05, 0) is 60.2 Å². The summed E-state index contributed by atoms with van der Waals surface area (Å²) >= 11 is 2.26. The molecule has 1 aliphatic carbocycles. The van der Waals surface area contributed by atoms with Gasteiger partial charge in [-0.15, -0.1) is 0 Å². The summed E-state index contributed by atoms with van der Waals surface area (Å²) in [4.78, 5) is 14.9. The maximum atomic E-state index is 12.6. The number of carbonyl (C=O) groups excluding carboxylic acids is 1. The quantitative estimate of drug-likeness (QED) is 0.683. The summed E-state index contributed by atoms with van der Waals surface area (Å²) in [7, 11) is 0. The van der Waals surface area contributed by atoms with Crippen molar-refractivity contribution in [3.05, 3.63) is 27.8 Å². The highest BCUT2D eigenvalue weighted by Crippen LogP contribution is 2.54. The van der Waals surface area contributed by atoms with Crippen LogP contribution in [0.15, 0.2) is 24.3 Å². The van der Waals surface area contributed by atoms with Crippen LogP contribution in [-0.4, -0.2) is 42.6 Å². The molecule has 1 saturated heterocycles. The molecule has 0 aromatic heterocycles. The van der Waals surface area contributed by atoms with E-state index in [9.17, 15) is 4.79 Å². The van der Waals surface area contributed by atoms with Crippen LogP contribution in [0.3, 0.4) is 0 Å². The van der Waals surface area contributed by atoms with Crippen molar-refractivity contribution in [3.8, 4) is 0 Å². The van der Waals surface area contributed by atoms with Crippen LogP contribution >= 0.6 is 22.6 Å². The average Bonchev–Trinajstić information content (AvgIpc) is 2.93. The normalized spacial score (nSPS) is 27.6. The van der Waals surface area contributed by atoms with Gasteiger partial charge in [-0.1, -0.05) is 26.8 Å². The van der Waals surface area contributed by atoms with Crippen molar-refractivity contribution in [1.82, 2.24) is 4.90 Å². The number of anilines is 1. The van der Waals surface area contributed by atoms with Gasteiger partial charge in [0.15, 0.2) is 0 Å². The van der Waals surface area contributed by atoms with Gasteiger partial charge in [-0.3, -0.25) is 9.69 Å². The maximum Gasteiger partial charge on any atom is 0.238 e. The maximum absolute atomic E-state index is 12.6. The minimum absolute atomic E-state index is 0.0728. The lowest BCUT2D eigenvalue weighted by Crippen LogP contribution is -2.67. The highest BCUT2D eigenvalue weighted by atomic mass is 127. The van der Waals surface area contributed by atoms with E-state index < -0.39 is 0 Å². The van der Waals surface area contributed by atoms with Crippen molar-refractivity contribution in [2.45, 2.75) is 45.8 Å². The molecule has 1 saturated carbocycles. The zero-order valence-corrected chi connectivity index (χ0v) is 16.9. The number of carbonyl (C=O) groups is 1. The summed E-state index contributed by atoms with van der Waals surface area (Å²) < 4.78 is 7.04. The van der Waals surface area contributed by atoms with Crippen LogP contribution in [0.25, 0.3) is 0 Å². The van der Waals surface area contributed by atoms with Crippen LogP contribution < -0.4 is 5.32 Å². The second-order valence-electron chi connectivity index (χ2n) is 7.54. The van der Waals surface area contributed by atoms with Crippen LogP contribution in [-0.2, 0) is 9.53 Å². The van der Waals surface area contributed by atoms with E-state index in [0.717, 1.165) is 35.3 Å². The first-order chi connectivity index (χ1) is 11.4. The molecule has 132 valence electrons. The van der Waals surface area contributed by atoms with Crippen molar-refractivity contribution in [2.75, 3.05) is 25.0 Å². The fraction of sp³-hybridized carbons (Fsp3) is 0.632. The largest absolute Gasteiger partial charge is 0.377 e. The van der Waals surface area contributed by atoms with E-state index in [-0.39, 0.29) is 11.3 Å². The van der Waals surface area contributed by atoms with E-state index in [1.807, 2.05) is 24.3 Å². The lowest BCUT2D eigenvalue weighted by atomic mass is 9.56. The van der Waals surface area contributed by atoms with E-state index in [1.54, 1.807) is 0 Å². The SMILES string of the molecule is CCCN(CC(=O)Nc1cccc(I)c1)[C@@H]1[C@H]2CCO[C@H]2C1(C)C. The van der Waals surface area contributed by atoms with Gasteiger partial charge < -0.3 is 10.1 Å². The molecule has 3 rings (SSSR count). The lowest BCUT2D eigenvalue weighted by molar-refractivity contribution is -0.158. The predicted octanol–water partition coefficient (Wildman–Crippen LogP) is 3.76. The highest BCUT2D eigenvalue weighted by Gasteiger charge is 2.61. The van der Waals surface area contributed by atoms with Crippen molar-refractivity contribution < 1.29 is 9.53 Å². The van der Waals surface area contributed by atoms with Gasteiger partial charge in [0.1, 0.15) is 0 Å². The zero-order valence-electron chi connectivity index (χ0n) is 14.7. The van der Waals surface area contributed by atoms with Crippen LogP contribution in [0, 0.1) is 14.9 Å². The Bertz CT molecular complexity index is 605. The number of rotatable bonds is 6. The number of benzene rings is 1. The number of nitrogens with one attached hydrogen (secondary N) is 1. The summed E-state index contributed by atoms with van der Waals surface area (Å²) in [5, 5.41) is 3.05. The number of ether oxygens (including phenoxy) is 1. The topological polar surface area (TPSA) is 41.6 Å². The molecule has 0 bridgehead atoms. The van der Waals surface area contributed by atoms with Crippen LogP contribution in [0.2, 0.25) is 0 Å². The summed E-state index contributed by atoms with van der Waals surface area (Å²) in [6.07, 6.45) is 2.54. The van der Waals surface area contributed by atoms with Gasteiger partial charge in [-0.2, -0.15) is 0 Å². The molecule has 3 atom stereocenters. The molecule has 4 nitrogen and oxygen atoms in total. The van der Waals surface area contributed by atoms with E-state index in [1.165, 1.54) is 0 Å². The van der Waals surface area contributed by atoms with Gasteiger partial charge >= 0.3 is 0 Å². The fourth-order valence-electron chi connectivity index (χ4n) is 4.59. The number of amides is 1. The number of nitrogens with zero attached hydrogens (tertiary/aromatic N) is 1. The molecule has 2 aliphatic rings. The molecule has 2 fully saturated rings. The van der Waals surface area contributed by atoms with Gasteiger partial charge in [0, 0.05) is 33.2 Å². The molecule has 1 amide bonds. The Morgan fingerprint density at radius 3 is 2.96 bits per heavy atom. The molecule has 1 aromatic carbocycles. The molecule has 0 radical (unpaired) electrons. The predicted molar refractivity (Wildman–Crippen MR) is 105 cm³/mol. The molecular formula is C19H27IN2O2. The number of hydrogen-bond acceptors (Lipinski definition) is 3. The van der Waals surface area contributed by atoms with Crippen LogP contribution in [0.4, 0.5) is 5.69 Å². The fourth-order valence-corrected chi connectivity index (χ4v) is 5.14. The first-order valence-corrected chi connectivity index (χ1v) is 9.92. The van der Waals surface area contributed by atoms with Crippen molar-refractivity contribution in [1.29, 1.82) is 0 Å². The van der Waals surface area contributed by atoms with E-state index in [0.29, 0.717) is 24.6 Å². The Kier molecular flexibility index (Phi) is 5.52. The first kappa shape index (κ1) is 18.1. The molecule has 1 aliphatic heterocycles. The molecule has 5 heteroatoms. The number of hydrogen-bond donors (Lipinski definition) is 1. The highest BCUT2D eigenvalue weighted by molar-refractivity contribution is 14.1. The summed E-state index contributed by atoms with van der Waals surface area (Å²) in [6.45, 7) is 9.02. The third-order valence-corrected chi connectivity index (χ3v) is 6.07. The minimum atomic E-state index is 0.0728. The van der Waals surface area contributed by atoms with Gasteiger partial charge in [0.05, 0.1) is 12.6 Å². The van der Waals surface area contributed by atoms with E-state index in [2.05, 4.69) is 53.6 Å². The summed E-state index contributed by atoms with van der Waals surface area (Å²) in [5.41, 5.74) is 0.997. The summed E-state index contributed by atoms with van der Waals surface area (Å²) in [5.74, 6) is 0.653. The molecule has 1 heterocycles. The second-order valence-corrected chi connectivity index (χ2v) is 8.78. The third kappa shape index (κ3) is 3.48. The molecular weight excluding hydrogens is 415 g/mol. The van der Waals surface area contributed by atoms with Gasteiger partial charge in [-0.25, -0.2) is 0 Å². The van der Waals surface area contributed by atoms with Crippen LogP contribution in [0.1, 0.15) is 33.6 Å². The molecule has 24 heavy (non-hydrogen) atoms. The van der Waals surface area contributed by atoms with E-state index >= 15 is 0 Å². The second kappa shape index (κ2) is 7.30. The molecule has 0 spiro atoms. The smallest absolute Gasteiger partial charge is 0.238 e. The van der Waals surface area contributed by atoms with Crippen molar-refractivity contribution >= 4 is 34.2 Å². The van der Waals surface area contributed by atoms with Gasteiger partial charge in [0.25, 0.3) is 0 Å². The third-order valence-electron chi connectivity index (χ3n) is 5.40. The van der Waals surface area contributed by atoms with Gasteiger partial charge in [0.2, 0.25) is 5.91 Å². The Morgan fingerprint density at radius 1 is 1.46 bits per heavy atom. The Hall–Kier alpha value is -0.660. The number of fused-ring (bicyclic) bond motifs is 1. The standard InChI is InChI=1S/C19H27IN2O2/c1-4-9-22(17-15-8-10-24-18(15)19(17,2)3)12-16(23)21-14-7-5-6-13(20)11-14/h5-7,11,15,17-18H,4,8-10,12H2,1-3H3,(H,21,23)/t15-,17-,18-/m1/s1. The monoisotopic (exact) mass is 442 g/mol. The van der Waals surface area contributed by atoms with Crippen molar-refractivity contribution in [3.63, 3.8) is 0 Å².